The van der Waals surface area contributed by atoms with Gasteiger partial charge < -0.3 is 19.6 Å². The molecule has 0 bridgehead atoms. The van der Waals surface area contributed by atoms with Crippen LogP contribution in [0.3, 0.4) is 0 Å². The summed E-state index contributed by atoms with van der Waals surface area (Å²) in [4.78, 5) is 45.4. The molecule has 10 nitrogen and oxygen atoms in total. The molecule has 1 aromatic carbocycles. The van der Waals surface area contributed by atoms with Crippen LogP contribution in [-0.4, -0.2) is 45.4 Å². The first-order valence-electron chi connectivity index (χ1n) is 13.2. The molecule has 1 fully saturated rings. The lowest BCUT2D eigenvalue weighted by molar-refractivity contribution is -0.126. The molecule has 0 spiro atoms. The van der Waals surface area contributed by atoms with Crippen LogP contribution in [0.1, 0.15) is 43.9 Å². The van der Waals surface area contributed by atoms with Crippen molar-refractivity contribution in [3.05, 3.63) is 81.3 Å². The van der Waals surface area contributed by atoms with Crippen molar-refractivity contribution in [2.45, 2.75) is 52.6 Å². The molecule has 1 amide bonds. The highest BCUT2D eigenvalue weighted by atomic mass is 32.1. The molecule has 4 heterocycles. The number of aliphatic hydroxyl groups is 1. The van der Waals surface area contributed by atoms with Gasteiger partial charge in [0.25, 0.3) is 5.56 Å². The fourth-order valence-electron chi connectivity index (χ4n) is 4.52. The van der Waals surface area contributed by atoms with Crippen molar-refractivity contribution >= 4 is 27.5 Å². The molecule has 0 aliphatic carbocycles. The highest BCUT2D eigenvalue weighted by Crippen LogP contribution is 2.36. The van der Waals surface area contributed by atoms with Gasteiger partial charge in [-0.05, 0) is 43.4 Å². The normalized spacial score (nSPS) is 14.4. The zero-order chi connectivity index (χ0) is 29.2. The Kier molecular flexibility index (Phi) is 11.0. The van der Waals surface area contributed by atoms with Crippen LogP contribution in [-0.2, 0) is 17.8 Å². The van der Waals surface area contributed by atoms with Gasteiger partial charge in [0, 0.05) is 13.1 Å². The standard InChI is InChI=1S/C24H24N4O5S.C3H6O.C2H6/c1-14-18-22(30)28(16-7-5-10-25-20(16)29)24(31)27(12-9-15-6-3-4-8-17(15)32-2)23(18)34-19(14)21-26-11-13-33-21;1-2-3-4;1-2/h3-4,6,8,11,13,16H,5,7,9-10,12H2,1-2H3,(H,25,29);2,4H,1,3H2;1-2H3. The second-order valence-corrected chi connectivity index (χ2v) is 9.66. The molecule has 4 aromatic rings. The number of aliphatic hydroxyl groups excluding tert-OH is 1. The van der Waals surface area contributed by atoms with E-state index >= 15 is 0 Å². The number of piperidine rings is 1. The summed E-state index contributed by atoms with van der Waals surface area (Å²) in [5.41, 5.74) is 0.680. The Labute approximate surface area is 236 Å². The number of oxazole rings is 1. The third-order valence-corrected chi connectivity index (χ3v) is 7.67. The van der Waals surface area contributed by atoms with Crippen LogP contribution in [0.2, 0.25) is 0 Å². The Morgan fingerprint density at radius 3 is 2.62 bits per heavy atom. The minimum Gasteiger partial charge on any atom is -0.496 e. The lowest BCUT2D eigenvalue weighted by Crippen LogP contribution is -2.49. The summed E-state index contributed by atoms with van der Waals surface area (Å²) >= 11 is 1.30. The number of para-hydroxylation sites is 1. The van der Waals surface area contributed by atoms with E-state index in [9.17, 15) is 14.4 Å². The molecule has 5 rings (SSSR count). The average molecular weight is 569 g/mol. The van der Waals surface area contributed by atoms with Gasteiger partial charge in [-0.3, -0.25) is 14.2 Å². The summed E-state index contributed by atoms with van der Waals surface area (Å²) in [6, 6.07) is 6.79. The maximum atomic E-state index is 13.7. The molecule has 11 heteroatoms. The minimum atomic E-state index is -0.833. The zero-order valence-electron chi connectivity index (χ0n) is 23.3. The smallest absolute Gasteiger partial charge is 0.332 e. The number of amides is 1. The first kappa shape index (κ1) is 30.6. The summed E-state index contributed by atoms with van der Waals surface area (Å²) in [6.07, 6.45) is 6.09. The number of hydrogen-bond donors (Lipinski definition) is 2. The van der Waals surface area contributed by atoms with Gasteiger partial charge in [-0.1, -0.05) is 38.1 Å². The predicted octanol–water partition coefficient (Wildman–Crippen LogP) is 4.08. The van der Waals surface area contributed by atoms with Gasteiger partial charge in [0.05, 0.1) is 30.2 Å². The van der Waals surface area contributed by atoms with Crippen molar-refractivity contribution in [1.29, 1.82) is 0 Å². The van der Waals surface area contributed by atoms with Crippen molar-refractivity contribution in [3.8, 4) is 16.5 Å². The van der Waals surface area contributed by atoms with Crippen LogP contribution in [0.5, 0.6) is 5.75 Å². The molecule has 3 aromatic heterocycles. The second kappa shape index (κ2) is 14.4. The number of rotatable bonds is 7. The summed E-state index contributed by atoms with van der Waals surface area (Å²) in [5, 5.41) is 11.0. The van der Waals surface area contributed by atoms with E-state index in [4.69, 9.17) is 14.3 Å². The number of nitrogens with one attached hydrogen (secondary N) is 1. The van der Waals surface area contributed by atoms with Crippen molar-refractivity contribution in [3.63, 3.8) is 0 Å². The van der Waals surface area contributed by atoms with E-state index < -0.39 is 17.3 Å². The van der Waals surface area contributed by atoms with Crippen LogP contribution < -0.4 is 21.3 Å². The van der Waals surface area contributed by atoms with Crippen molar-refractivity contribution < 1.29 is 19.1 Å². The van der Waals surface area contributed by atoms with E-state index in [2.05, 4.69) is 16.9 Å². The van der Waals surface area contributed by atoms with Crippen LogP contribution in [0.4, 0.5) is 0 Å². The fraction of sp³-hybridized carbons (Fsp3) is 0.379. The van der Waals surface area contributed by atoms with E-state index in [-0.39, 0.29) is 12.5 Å². The van der Waals surface area contributed by atoms with Crippen LogP contribution in [0.15, 0.2) is 63.4 Å². The number of methoxy groups -OCH3 is 1. The highest BCUT2D eigenvalue weighted by molar-refractivity contribution is 7.22. The topological polar surface area (TPSA) is 129 Å². The summed E-state index contributed by atoms with van der Waals surface area (Å²) < 4.78 is 13.7. The lowest BCUT2D eigenvalue weighted by atomic mass is 10.1. The van der Waals surface area contributed by atoms with Crippen LogP contribution in [0, 0.1) is 6.92 Å². The number of thiophene rings is 1. The predicted molar refractivity (Wildman–Crippen MR) is 157 cm³/mol. The van der Waals surface area contributed by atoms with E-state index in [1.807, 2.05) is 45.0 Å². The highest BCUT2D eigenvalue weighted by Gasteiger charge is 2.30. The number of fused-ring (bicyclic) bond motifs is 1. The lowest BCUT2D eigenvalue weighted by Gasteiger charge is -2.24. The number of aryl methyl sites for hydroxylation is 3. The van der Waals surface area contributed by atoms with Gasteiger partial charge in [0.15, 0.2) is 0 Å². The van der Waals surface area contributed by atoms with Gasteiger partial charge in [0.2, 0.25) is 11.8 Å². The summed E-state index contributed by atoms with van der Waals surface area (Å²) in [5.74, 6) is 0.820. The number of carbonyl (C=O) groups is 1. The van der Waals surface area contributed by atoms with Gasteiger partial charge in [-0.2, -0.15) is 0 Å². The largest absolute Gasteiger partial charge is 0.496 e. The molecule has 40 heavy (non-hydrogen) atoms. The summed E-state index contributed by atoms with van der Waals surface area (Å²) in [6.45, 7) is 9.99. The number of benzene rings is 1. The van der Waals surface area contributed by atoms with Gasteiger partial charge >= 0.3 is 5.69 Å². The van der Waals surface area contributed by atoms with E-state index in [0.717, 1.165) is 15.9 Å². The molecule has 1 unspecified atom stereocenters. The second-order valence-electron chi connectivity index (χ2n) is 8.67. The van der Waals surface area contributed by atoms with Gasteiger partial charge in [0.1, 0.15) is 22.9 Å². The van der Waals surface area contributed by atoms with Crippen molar-refractivity contribution in [2.24, 2.45) is 0 Å². The molecule has 1 atom stereocenters. The maximum Gasteiger partial charge on any atom is 0.332 e. The third-order valence-electron chi connectivity index (χ3n) is 6.36. The van der Waals surface area contributed by atoms with Crippen molar-refractivity contribution in [2.75, 3.05) is 20.3 Å². The van der Waals surface area contributed by atoms with Crippen LogP contribution >= 0.6 is 11.3 Å². The molecular formula is C29H36N4O6S. The maximum absolute atomic E-state index is 13.7. The zero-order valence-corrected chi connectivity index (χ0v) is 24.1. The Bertz CT molecular complexity index is 1550. The molecule has 0 saturated carbocycles. The minimum absolute atomic E-state index is 0.0833. The monoisotopic (exact) mass is 568 g/mol. The average Bonchev–Trinajstić information content (AvgIpc) is 3.63. The van der Waals surface area contributed by atoms with E-state index in [1.54, 1.807) is 17.9 Å². The third kappa shape index (κ3) is 6.26. The first-order chi connectivity index (χ1) is 19.4. The van der Waals surface area contributed by atoms with Gasteiger partial charge in [-0.15, -0.1) is 17.9 Å². The molecule has 1 aliphatic rings. The molecule has 0 radical (unpaired) electrons. The first-order valence-corrected chi connectivity index (χ1v) is 14.0. The van der Waals surface area contributed by atoms with E-state index in [0.29, 0.717) is 58.9 Å². The molecular weight excluding hydrogens is 532 g/mol. The molecule has 1 aliphatic heterocycles. The Morgan fingerprint density at radius 1 is 1.27 bits per heavy atom. The van der Waals surface area contributed by atoms with Gasteiger partial charge in [-0.25, -0.2) is 14.3 Å². The number of nitrogens with zero attached hydrogens (tertiary/aromatic N) is 3. The SMILES string of the molecule is C=CCO.CC.COc1ccccc1CCn1c(=O)n(C2CCCNC2=O)c(=O)c2c(C)c(-c3ncco3)sc21. The van der Waals surface area contributed by atoms with E-state index in [1.165, 1.54) is 23.7 Å². The Balaban J connectivity index is 0.000000677. The fourth-order valence-corrected chi connectivity index (χ4v) is 5.78. The van der Waals surface area contributed by atoms with Crippen LogP contribution in [0.25, 0.3) is 21.0 Å². The molecule has 2 N–H and O–H groups in total. The summed E-state index contributed by atoms with van der Waals surface area (Å²) in [7, 11) is 1.61. The molecule has 1 saturated heterocycles. The van der Waals surface area contributed by atoms with Crippen molar-refractivity contribution in [1.82, 2.24) is 19.4 Å². The number of carbonyl (C=O) groups excluding carboxylic acids is 1. The molecule has 214 valence electrons. The number of hydrogen-bond acceptors (Lipinski definition) is 8. The Hall–Kier alpha value is -3.96. The number of ether oxygens (including phenoxy) is 1. The quantitative estimate of drug-likeness (QED) is 0.322. The number of aromatic nitrogens is 3. The Morgan fingerprint density at radius 2 is 2.00 bits per heavy atom.